The molecular weight excluding hydrogens is 301 g/mol. The number of hydrogen-bond acceptors (Lipinski definition) is 3. The topological polar surface area (TPSA) is 69.6 Å². The lowest BCUT2D eigenvalue weighted by molar-refractivity contribution is -0.222. The molecule has 5 nitrogen and oxygen atoms in total. The molecule has 1 saturated heterocycles. The van der Waals surface area contributed by atoms with Crippen LogP contribution >= 0.6 is 0 Å². The van der Waals surface area contributed by atoms with E-state index in [9.17, 15) is 27.9 Å². The molecule has 8 heteroatoms. The van der Waals surface area contributed by atoms with Gasteiger partial charge in [-0.2, -0.15) is 13.2 Å². The minimum absolute atomic E-state index is 0.109. The Morgan fingerprint density at radius 3 is 2.36 bits per heavy atom. The Labute approximate surface area is 127 Å². The second-order valence-corrected chi connectivity index (χ2v) is 5.51. The second kappa shape index (κ2) is 8.36. The molecule has 1 fully saturated rings. The standard InChI is InChI=1S/C14H23F3N2O3/c1-2-18-11(20)4-3-5-12(21)19-8-6-10(7-9-19)13(22)14(15,16)17/h10,13,22H,2-9H2,1H3,(H,18,20). The highest BCUT2D eigenvalue weighted by atomic mass is 19.4. The molecule has 0 spiro atoms. The molecule has 1 aliphatic heterocycles. The van der Waals surface area contributed by atoms with Gasteiger partial charge in [0, 0.05) is 32.5 Å². The van der Waals surface area contributed by atoms with E-state index in [2.05, 4.69) is 5.32 Å². The lowest BCUT2D eigenvalue weighted by Crippen LogP contribution is -2.45. The van der Waals surface area contributed by atoms with Crippen molar-refractivity contribution >= 4 is 11.8 Å². The molecule has 1 unspecified atom stereocenters. The lowest BCUT2D eigenvalue weighted by Gasteiger charge is -2.34. The number of rotatable bonds is 6. The number of nitrogens with zero attached hydrogens (tertiary/aromatic N) is 1. The fourth-order valence-corrected chi connectivity index (χ4v) is 2.58. The van der Waals surface area contributed by atoms with Crippen LogP contribution < -0.4 is 5.32 Å². The summed E-state index contributed by atoms with van der Waals surface area (Å²) in [7, 11) is 0. The Morgan fingerprint density at radius 1 is 1.27 bits per heavy atom. The summed E-state index contributed by atoms with van der Waals surface area (Å²) in [6, 6.07) is 0. The summed E-state index contributed by atoms with van der Waals surface area (Å²) >= 11 is 0. The molecule has 0 aromatic rings. The predicted octanol–water partition coefficient (Wildman–Crippen LogP) is 1.45. The molecule has 128 valence electrons. The Kier molecular flexibility index (Phi) is 7.12. The molecule has 0 aromatic carbocycles. The van der Waals surface area contributed by atoms with Gasteiger partial charge in [0.1, 0.15) is 0 Å². The number of carbonyl (C=O) groups excluding carboxylic acids is 2. The molecule has 22 heavy (non-hydrogen) atoms. The maximum atomic E-state index is 12.4. The molecule has 2 amide bonds. The highest BCUT2D eigenvalue weighted by molar-refractivity contribution is 5.78. The number of hydrogen-bond donors (Lipinski definition) is 2. The third-order valence-corrected chi connectivity index (χ3v) is 3.84. The van der Waals surface area contributed by atoms with Gasteiger partial charge in [0.15, 0.2) is 6.10 Å². The van der Waals surface area contributed by atoms with E-state index < -0.39 is 18.2 Å². The van der Waals surface area contributed by atoms with Crippen molar-refractivity contribution in [2.24, 2.45) is 5.92 Å². The zero-order valence-corrected chi connectivity index (χ0v) is 12.7. The molecule has 1 heterocycles. The Bertz CT molecular complexity index is 380. The van der Waals surface area contributed by atoms with Crippen molar-refractivity contribution in [1.29, 1.82) is 0 Å². The van der Waals surface area contributed by atoms with Gasteiger partial charge in [0.2, 0.25) is 11.8 Å². The number of nitrogens with one attached hydrogen (secondary N) is 1. The quantitative estimate of drug-likeness (QED) is 0.777. The fraction of sp³-hybridized carbons (Fsp3) is 0.857. The molecule has 1 rings (SSSR count). The van der Waals surface area contributed by atoms with Gasteiger partial charge in [-0.3, -0.25) is 9.59 Å². The van der Waals surface area contributed by atoms with Crippen LogP contribution in [0.2, 0.25) is 0 Å². The van der Waals surface area contributed by atoms with E-state index in [0.29, 0.717) is 13.0 Å². The van der Waals surface area contributed by atoms with E-state index in [1.165, 1.54) is 4.90 Å². The van der Waals surface area contributed by atoms with Crippen LogP contribution in [0.15, 0.2) is 0 Å². The number of aliphatic hydroxyl groups is 1. The van der Waals surface area contributed by atoms with Crippen LogP contribution in [0.25, 0.3) is 0 Å². The van der Waals surface area contributed by atoms with Crippen LogP contribution in [-0.4, -0.2) is 53.7 Å². The van der Waals surface area contributed by atoms with Crippen molar-refractivity contribution in [2.75, 3.05) is 19.6 Å². The highest BCUT2D eigenvalue weighted by Gasteiger charge is 2.44. The summed E-state index contributed by atoms with van der Waals surface area (Å²) in [5.41, 5.74) is 0. The van der Waals surface area contributed by atoms with Crippen LogP contribution in [0, 0.1) is 5.92 Å². The van der Waals surface area contributed by atoms with E-state index in [-0.39, 0.29) is 50.6 Å². The minimum atomic E-state index is -4.61. The summed E-state index contributed by atoms with van der Waals surface area (Å²) in [6.45, 7) is 2.79. The van der Waals surface area contributed by atoms with Crippen LogP contribution in [0.3, 0.4) is 0 Å². The highest BCUT2D eigenvalue weighted by Crippen LogP contribution is 2.31. The smallest absolute Gasteiger partial charge is 0.383 e. The number of amides is 2. The van der Waals surface area contributed by atoms with Gasteiger partial charge in [-0.1, -0.05) is 0 Å². The predicted molar refractivity (Wildman–Crippen MR) is 73.9 cm³/mol. The molecular formula is C14H23F3N2O3. The molecule has 1 aliphatic rings. The zero-order valence-electron chi connectivity index (χ0n) is 12.7. The van der Waals surface area contributed by atoms with Crippen molar-refractivity contribution in [3.63, 3.8) is 0 Å². The van der Waals surface area contributed by atoms with E-state index in [4.69, 9.17) is 0 Å². The largest absolute Gasteiger partial charge is 0.414 e. The monoisotopic (exact) mass is 324 g/mol. The van der Waals surface area contributed by atoms with E-state index in [1.807, 2.05) is 6.92 Å². The zero-order chi connectivity index (χ0) is 16.8. The average Bonchev–Trinajstić information content (AvgIpc) is 2.46. The SMILES string of the molecule is CCNC(=O)CCCC(=O)N1CCC(C(O)C(F)(F)F)CC1. The number of likely N-dealkylation sites (tertiary alicyclic amines) is 1. The number of aliphatic hydroxyl groups excluding tert-OH is 1. The molecule has 0 aromatic heterocycles. The molecule has 0 aliphatic carbocycles. The molecule has 1 atom stereocenters. The van der Waals surface area contributed by atoms with Crippen molar-refractivity contribution in [2.45, 2.75) is 51.3 Å². The van der Waals surface area contributed by atoms with Crippen LogP contribution in [0.4, 0.5) is 13.2 Å². The van der Waals surface area contributed by atoms with Crippen LogP contribution in [-0.2, 0) is 9.59 Å². The maximum Gasteiger partial charge on any atom is 0.414 e. The summed E-state index contributed by atoms with van der Waals surface area (Å²) in [5, 5.41) is 11.8. The third-order valence-electron chi connectivity index (χ3n) is 3.84. The van der Waals surface area contributed by atoms with E-state index >= 15 is 0 Å². The Balaban J connectivity index is 2.29. The van der Waals surface area contributed by atoms with Crippen molar-refractivity contribution in [1.82, 2.24) is 10.2 Å². The molecule has 2 N–H and O–H groups in total. The number of piperidine rings is 1. The van der Waals surface area contributed by atoms with Gasteiger partial charge in [0.05, 0.1) is 0 Å². The molecule has 0 bridgehead atoms. The molecule has 0 saturated carbocycles. The average molecular weight is 324 g/mol. The number of alkyl halides is 3. The first-order valence-electron chi connectivity index (χ1n) is 7.55. The van der Waals surface area contributed by atoms with Gasteiger partial charge >= 0.3 is 6.18 Å². The van der Waals surface area contributed by atoms with Crippen LogP contribution in [0.5, 0.6) is 0 Å². The summed E-state index contributed by atoms with van der Waals surface area (Å²) in [4.78, 5) is 24.7. The summed E-state index contributed by atoms with van der Waals surface area (Å²) in [5.74, 6) is -1.11. The first-order valence-corrected chi connectivity index (χ1v) is 7.55. The number of halogens is 3. The van der Waals surface area contributed by atoms with Crippen LogP contribution in [0.1, 0.15) is 39.0 Å². The maximum absolute atomic E-state index is 12.4. The normalized spacial score (nSPS) is 18.1. The first kappa shape index (κ1) is 18.7. The minimum Gasteiger partial charge on any atom is -0.383 e. The first-order chi connectivity index (χ1) is 10.3. The summed E-state index contributed by atoms with van der Waals surface area (Å²) < 4.78 is 37.3. The molecule has 0 radical (unpaired) electrons. The van der Waals surface area contributed by atoms with Crippen molar-refractivity contribution in [3.8, 4) is 0 Å². The fourth-order valence-electron chi connectivity index (χ4n) is 2.58. The second-order valence-electron chi connectivity index (χ2n) is 5.51. The van der Waals surface area contributed by atoms with Crippen molar-refractivity contribution in [3.05, 3.63) is 0 Å². The van der Waals surface area contributed by atoms with Gasteiger partial charge < -0.3 is 15.3 Å². The lowest BCUT2D eigenvalue weighted by atomic mass is 9.90. The third kappa shape index (κ3) is 5.82. The Morgan fingerprint density at radius 2 is 1.86 bits per heavy atom. The summed E-state index contributed by atoms with van der Waals surface area (Å²) in [6.07, 6.45) is -5.74. The van der Waals surface area contributed by atoms with Gasteiger partial charge in [-0.05, 0) is 32.1 Å². The Hall–Kier alpha value is -1.31. The van der Waals surface area contributed by atoms with Crippen molar-refractivity contribution < 1.29 is 27.9 Å². The van der Waals surface area contributed by atoms with E-state index in [1.54, 1.807) is 0 Å². The van der Waals surface area contributed by atoms with Gasteiger partial charge in [-0.15, -0.1) is 0 Å². The number of carbonyl (C=O) groups is 2. The van der Waals surface area contributed by atoms with Gasteiger partial charge in [-0.25, -0.2) is 0 Å². The van der Waals surface area contributed by atoms with Gasteiger partial charge in [0.25, 0.3) is 0 Å². The van der Waals surface area contributed by atoms with E-state index in [0.717, 1.165) is 0 Å².